The van der Waals surface area contributed by atoms with Crippen molar-refractivity contribution >= 4 is 17.9 Å². The highest BCUT2D eigenvalue weighted by molar-refractivity contribution is 6.09. The van der Waals surface area contributed by atoms with Crippen LogP contribution in [0.1, 0.15) is 43.7 Å². The van der Waals surface area contributed by atoms with Gasteiger partial charge in [0.05, 0.1) is 6.61 Å². The zero-order valence-electron chi connectivity index (χ0n) is 13.8. The lowest BCUT2D eigenvalue weighted by Gasteiger charge is -2.33. The van der Waals surface area contributed by atoms with E-state index in [0.717, 1.165) is 41.7 Å². The number of carbonyl (C=O) groups is 3. The largest absolute Gasteiger partial charge is 0.464 e. The highest BCUT2D eigenvalue weighted by Crippen LogP contribution is 2.39. The van der Waals surface area contributed by atoms with Gasteiger partial charge in [0, 0.05) is 0 Å². The van der Waals surface area contributed by atoms with E-state index in [-0.39, 0.29) is 12.5 Å². The number of imide groups is 1. The van der Waals surface area contributed by atoms with E-state index in [1.165, 1.54) is 0 Å². The van der Waals surface area contributed by atoms with E-state index in [9.17, 15) is 14.4 Å². The van der Waals surface area contributed by atoms with E-state index in [2.05, 4.69) is 5.32 Å². The fourth-order valence-corrected chi connectivity index (χ4v) is 3.46. The van der Waals surface area contributed by atoms with Crippen molar-refractivity contribution < 1.29 is 19.1 Å². The third kappa shape index (κ3) is 2.77. The van der Waals surface area contributed by atoms with Crippen LogP contribution in [0.3, 0.4) is 0 Å². The molecule has 0 bridgehead atoms. The molecule has 1 aromatic carbocycles. The number of benzene rings is 1. The normalized spacial score (nSPS) is 22.5. The van der Waals surface area contributed by atoms with Crippen LogP contribution in [0.15, 0.2) is 24.3 Å². The fraction of sp³-hybridized carbons (Fsp3) is 0.500. The summed E-state index contributed by atoms with van der Waals surface area (Å²) >= 11 is 0. The minimum atomic E-state index is -1.03. The number of carbonyl (C=O) groups excluding carboxylic acids is 3. The lowest BCUT2D eigenvalue weighted by Crippen LogP contribution is -2.46. The lowest BCUT2D eigenvalue weighted by atomic mass is 9.76. The molecule has 1 saturated heterocycles. The van der Waals surface area contributed by atoms with Crippen LogP contribution in [-0.2, 0) is 26.3 Å². The molecule has 1 aliphatic heterocycles. The third-order valence-electron chi connectivity index (χ3n) is 4.70. The van der Waals surface area contributed by atoms with Crippen LogP contribution < -0.4 is 5.32 Å². The summed E-state index contributed by atoms with van der Waals surface area (Å²) < 4.78 is 5.07. The van der Waals surface area contributed by atoms with E-state index >= 15 is 0 Å². The fourth-order valence-electron chi connectivity index (χ4n) is 3.46. The number of unbranched alkanes of at least 4 members (excludes halogenated alkanes) is 1. The maximum Gasteiger partial charge on any atom is 0.326 e. The number of esters is 1. The Hall–Kier alpha value is -2.37. The molecule has 3 amide bonds. The van der Waals surface area contributed by atoms with Gasteiger partial charge in [0.15, 0.2) is 0 Å². The first kappa shape index (κ1) is 16.5. The molecular weight excluding hydrogens is 308 g/mol. The van der Waals surface area contributed by atoms with Gasteiger partial charge in [0.2, 0.25) is 0 Å². The summed E-state index contributed by atoms with van der Waals surface area (Å²) in [5, 5.41) is 2.83. The number of hydrogen-bond acceptors (Lipinski definition) is 4. The summed E-state index contributed by atoms with van der Waals surface area (Å²) in [6.07, 6.45) is 3.94. The highest BCUT2D eigenvalue weighted by Gasteiger charge is 2.54. The van der Waals surface area contributed by atoms with Crippen molar-refractivity contribution in [3.63, 3.8) is 0 Å². The molecule has 1 atom stereocenters. The van der Waals surface area contributed by atoms with Crippen LogP contribution >= 0.6 is 0 Å². The highest BCUT2D eigenvalue weighted by atomic mass is 16.5. The molecule has 6 heteroatoms. The second-order valence-electron chi connectivity index (χ2n) is 6.31. The molecule has 2 aliphatic rings. The number of hydrogen-bond donors (Lipinski definition) is 1. The Bertz CT molecular complexity index is 673. The maximum atomic E-state index is 13.0. The molecule has 1 aliphatic carbocycles. The van der Waals surface area contributed by atoms with Gasteiger partial charge in [-0.2, -0.15) is 0 Å². The number of nitrogens with one attached hydrogen (secondary N) is 1. The van der Waals surface area contributed by atoms with Crippen LogP contribution in [0.25, 0.3) is 0 Å². The number of amides is 3. The minimum absolute atomic E-state index is 0.312. The molecule has 24 heavy (non-hydrogen) atoms. The van der Waals surface area contributed by atoms with Crippen molar-refractivity contribution in [2.75, 3.05) is 13.2 Å². The van der Waals surface area contributed by atoms with Crippen molar-refractivity contribution in [3.8, 4) is 0 Å². The van der Waals surface area contributed by atoms with Gasteiger partial charge in [-0.25, -0.2) is 4.79 Å². The lowest BCUT2D eigenvalue weighted by molar-refractivity contribution is -0.148. The predicted octanol–water partition coefficient (Wildman–Crippen LogP) is 2.11. The Kier molecular flexibility index (Phi) is 4.55. The Balaban J connectivity index is 1.79. The molecule has 6 nitrogen and oxygen atoms in total. The maximum absolute atomic E-state index is 13.0. The second kappa shape index (κ2) is 6.63. The van der Waals surface area contributed by atoms with Crippen LogP contribution in [-0.4, -0.2) is 36.0 Å². The quantitative estimate of drug-likeness (QED) is 0.510. The van der Waals surface area contributed by atoms with Gasteiger partial charge < -0.3 is 10.1 Å². The number of rotatable bonds is 5. The Morgan fingerprint density at radius 3 is 2.92 bits per heavy atom. The van der Waals surface area contributed by atoms with Crippen molar-refractivity contribution in [1.29, 1.82) is 0 Å². The summed E-state index contributed by atoms with van der Waals surface area (Å²) in [4.78, 5) is 38.1. The molecule has 0 radical (unpaired) electrons. The molecule has 3 rings (SSSR count). The first-order chi connectivity index (χ1) is 11.6. The summed E-state index contributed by atoms with van der Waals surface area (Å²) in [5.74, 6) is -0.903. The number of aryl methyl sites for hydroxylation is 1. The summed E-state index contributed by atoms with van der Waals surface area (Å²) in [6, 6.07) is 7.14. The Morgan fingerprint density at radius 1 is 1.33 bits per heavy atom. The molecule has 0 saturated carbocycles. The van der Waals surface area contributed by atoms with Crippen LogP contribution in [0, 0.1) is 0 Å². The van der Waals surface area contributed by atoms with Gasteiger partial charge in [0.25, 0.3) is 5.91 Å². The van der Waals surface area contributed by atoms with Gasteiger partial charge in [-0.1, -0.05) is 37.6 Å². The standard InChI is InChI=1S/C18H22N2O4/c1-2-3-11-24-15(21)12-20-16(22)18(19-17(20)23)10-6-8-13-7-4-5-9-14(13)18/h4-5,7,9H,2-3,6,8,10-12H2,1H3,(H,19,23)/t18-/m1/s1. The molecule has 1 N–H and O–H groups in total. The smallest absolute Gasteiger partial charge is 0.326 e. The van der Waals surface area contributed by atoms with Crippen LogP contribution in [0.4, 0.5) is 4.79 Å². The van der Waals surface area contributed by atoms with Crippen molar-refractivity contribution in [2.24, 2.45) is 0 Å². The third-order valence-corrected chi connectivity index (χ3v) is 4.70. The average Bonchev–Trinajstić information content (AvgIpc) is 2.81. The first-order valence-corrected chi connectivity index (χ1v) is 8.46. The summed E-state index contributed by atoms with van der Waals surface area (Å²) in [7, 11) is 0. The Labute approximate surface area is 141 Å². The van der Waals surface area contributed by atoms with Crippen molar-refractivity contribution in [2.45, 2.75) is 44.6 Å². The van der Waals surface area contributed by atoms with E-state index < -0.39 is 17.5 Å². The molecule has 1 spiro atoms. The summed E-state index contributed by atoms with van der Waals surface area (Å²) in [5.41, 5.74) is 0.886. The number of fused-ring (bicyclic) bond motifs is 2. The number of urea groups is 1. The predicted molar refractivity (Wildman–Crippen MR) is 87.2 cm³/mol. The molecule has 1 fully saturated rings. The molecule has 128 valence electrons. The van der Waals surface area contributed by atoms with Gasteiger partial charge in [0.1, 0.15) is 12.1 Å². The first-order valence-electron chi connectivity index (χ1n) is 8.46. The molecular formula is C18H22N2O4. The monoisotopic (exact) mass is 330 g/mol. The van der Waals surface area contributed by atoms with Crippen molar-refractivity contribution in [1.82, 2.24) is 10.2 Å². The zero-order chi connectivity index (χ0) is 17.2. The average molecular weight is 330 g/mol. The number of ether oxygens (including phenoxy) is 1. The molecule has 0 aromatic heterocycles. The van der Waals surface area contributed by atoms with E-state index in [1.807, 2.05) is 31.2 Å². The van der Waals surface area contributed by atoms with E-state index in [4.69, 9.17) is 4.74 Å². The van der Waals surface area contributed by atoms with Gasteiger partial charge in [-0.05, 0) is 36.8 Å². The van der Waals surface area contributed by atoms with Gasteiger partial charge in [-0.15, -0.1) is 0 Å². The minimum Gasteiger partial charge on any atom is -0.464 e. The topological polar surface area (TPSA) is 75.7 Å². The van der Waals surface area contributed by atoms with Gasteiger partial charge >= 0.3 is 12.0 Å². The summed E-state index contributed by atoms with van der Waals surface area (Å²) in [6.45, 7) is 1.97. The SMILES string of the molecule is CCCCOC(=O)CN1C(=O)N[C@@]2(CCCc3ccccc32)C1=O. The van der Waals surface area contributed by atoms with Crippen LogP contribution in [0.2, 0.25) is 0 Å². The Morgan fingerprint density at radius 2 is 2.12 bits per heavy atom. The zero-order valence-corrected chi connectivity index (χ0v) is 13.8. The molecule has 0 unspecified atom stereocenters. The van der Waals surface area contributed by atoms with E-state index in [1.54, 1.807) is 0 Å². The molecule has 1 aromatic rings. The second-order valence-corrected chi connectivity index (χ2v) is 6.31. The van der Waals surface area contributed by atoms with Gasteiger partial charge in [-0.3, -0.25) is 14.5 Å². The number of nitrogens with zero attached hydrogens (tertiary/aromatic N) is 1. The molecule has 1 heterocycles. The van der Waals surface area contributed by atoms with E-state index in [0.29, 0.717) is 13.0 Å². The van der Waals surface area contributed by atoms with Crippen LogP contribution in [0.5, 0.6) is 0 Å². The van der Waals surface area contributed by atoms with Crippen molar-refractivity contribution in [3.05, 3.63) is 35.4 Å².